The van der Waals surface area contributed by atoms with E-state index < -0.39 is 5.97 Å². The highest BCUT2D eigenvalue weighted by molar-refractivity contribution is 7.18. The minimum atomic E-state index is -0.462. The molecule has 0 aliphatic heterocycles. The Labute approximate surface area is 123 Å². The van der Waals surface area contributed by atoms with Gasteiger partial charge in [-0.15, -0.1) is 11.3 Å². The summed E-state index contributed by atoms with van der Waals surface area (Å²) in [6, 6.07) is 3.52. The summed E-state index contributed by atoms with van der Waals surface area (Å²) in [5.74, 6) is -0.698. The second kappa shape index (κ2) is 6.44. The molecule has 2 rings (SSSR count). The van der Waals surface area contributed by atoms with Gasteiger partial charge in [0.1, 0.15) is 11.5 Å². The van der Waals surface area contributed by atoms with Crippen molar-refractivity contribution < 1.29 is 14.3 Å². The highest BCUT2D eigenvalue weighted by atomic mass is 32.1. The zero-order valence-corrected chi connectivity index (χ0v) is 12.3. The zero-order chi connectivity index (χ0) is 14.5. The van der Waals surface area contributed by atoms with Crippen molar-refractivity contribution in [2.24, 2.45) is 0 Å². The highest BCUT2D eigenvalue weighted by Gasteiger charge is 2.18. The van der Waals surface area contributed by atoms with E-state index in [0.717, 1.165) is 11.3 Å². The molecule has 0 unspecified atom stereocenters. The van der Waals surface area contributed by atoms with E-state index in [-0.39, 0.29) is 12.5 Å². The third-order valence-corrected chi connectivity index (χ3v) is 4.20. The normalized spacial score (nSPS) is 10.1. The van der Waals surface area contributed by atoms with Gasteiger partial charge in [0.25, 0.3) is 5.91 Å². The van der Waals surface area contributed by atoms with E-state index in [1.54, 1.807) is 19.1 Å². The van der Waals surface area contributed by atoms with E-state index in [1.165, 1.54) is 17.4 Å². The number of thiophene rings is 1. The fourth-order valence-corrected chi connectivity index (χ4v) is 2.88. The Morgan fingerprint density at radius 2 is 2.35 bits per heavy atom. The molecule has 0 aromatic carbocycles. The lowest BCUT2D eigenvalue weighted by atomic mass is 10.4. The van der Waals surface area contributed by atoms with E-state index in [2.05, 4.69) is 16.9 Å². The number of aryl methyl sites for hydroxylation is 1. The summed E-state index contributed by atoms with van der Waals surface area (Å²) >= 11 is 2.44. The molecule has 0 atom stereocenters. The third-order valence-electron chi connectivity index (χ3n) is 2.28. The quantitative estimate of drug-likeness (QED) is 0.680. The first-order chi connectivity index (χ1) is 9.61. The van der Waals surface area contributed by atoms with Crippen LogP contribution < -0.4 is 5.32 Å². The van der Waals surface area contributed by atoms with Gasteiger partial charge in [-0.3, -0.25) is 10.1 Å². The van der Waals surface area contributed by atoms with E-state index in [4.69, 9.17) is 4.74 Å². The lowest BCUT2D eigenvalue weighted by Gasteiger charge is -1.98. The highest BCUT2D eigenvalue weighted by Crippen LogP contribution is 2.24. The molecule has 0 saturated heterocycles. The number of aromatic nitrogens is 1. The Hall–Kier alpha value is -1.99. The molecule has 1 N–H and O–H groups in total. The van der Waals surface area contributed by atoms with Crippen LogP contribution in [0.25, 0.3) is 0 Å². The lowest BCUT2D eigenvalue weighted by molar-refractivity contribution is 0.0554. The van der Waals surface area contributed by atoms with Gasteiger partial charge >= 0.3 is 5.97 Å². The standard InChI is InChI=1S/C13H12N2O3S2/c1-3-6-18-12(17)10-8(2)14-13(20-10)15-11(16)9-5-4-7-19-9/h3-5,7H,1,6H2,2H3,(H,14,15,16). The number of amides is 1. The fraction of sp³-hybridized carbons (Fsp3) is 0.154. The maximum absolute atomic E-state index is 11.9. The van der Waals surface area contributed by atoms with Gasteiger partial charge in [-0.2, -0.15) is 0 Å². The molecule has 5 nitrogen and oxygen atoms in total. The molecule has 0 spiro atoms. The number of rotatable bonds is 5. The molecular formula is C13H12N2O3S2. The number of carbonyl (C=O) groups is 2. The minimum absolute atomic E-state index is 0.146. The van der Waals surface area contributed by atoms with E-state index in [1.807, 2.05) is 5.38 Å². The molecule has 20 heavy (non-hydrogen) atoms. The van der Waals surface area contributed by atoms with Gasteiger partial charge in [0.2, 0.25) is 0 Å². The van der Waals surface area contributed by atoms with Gasteiger partial charge in [0.05, 0.1) is 10.6 Å². The largest absolute Gasteiger partial charge is 0.457 e. The minimum Gasteiger partial charge on any atom is -0.457 e. The van der Waals surface area contributed by atoms with Crippen LogP contribution in [0.4, 0.5) is 5.13 Å². The molecule has 0 aliphatic carbocycles. The first kappa shape index (κ1) is 14.4. The van der Waals surface area contributed by atoms with Gasteiger partial charge in [-0.05, 0) is 18.4 Å². The summed E-state index contributed by atoms with van der Waals surface area (Å²) in [5, 5.41) is 4.87. The molecule has 0 bridgehead atoms. The van der Waals surface area contributed by atoms with Crippen molar-refractivity contribution in [3.8, 4) is 0 Å². The van der Waals surface area contributed by atoms with Crippen molar-refractivity contribution in [2.75, 3.05) is 11.9 Å². The molecule has 0 aliphatic rings. The van der Waals surface area contributed by atoms with Crippen LogP contribution in [0.15, 0.2) is 30.2 Å². The monoisotopic (exact) mass is 308 g/mol. The van der Waals surface area contributed by atoms with Crippen LogP contribution in [0.1, 0.15) is 25.0 Å². The predicted octanol–water partition coefficient (Wildman–Crippen LogP) is 3.11. The van der Waals surface area contributed by atoms with Gasteiger partial charge < -0.3 is 4.74 Å². The second-order valence-electron chi connectivity index (χ2n) is 3.75. The number of thiazole rings is 1. The molecule has 2 aromatic heterocycles. The van der Waals surface area contributed by atoms with E-state index in [9.17, 15) is 9.59 Å². The van der Waals surface area contributed by atoms with Crippen molar-refractivity contribution in [2.45, 2.75) is 6.92 Å². The van der Waals surface area contributed by atoms with Gasteiger partial charge in [-0.25, -0.2) is 9.78 Å². The Balaban J connectivity index is 2.09. The van der Waals surface area contributed by atoms with Crippen LogP contribution in [-0.2, 0) is 4.74 Å². The zero-order valence-electron chi connectivity index (χ0n) is 10.7. The Kier molecular flexibility index (Phi) is 4.65. The first-order valence-electron chi connectivity index (χ1n) is 5.72. The van der Waals surface area contributed by atoms with Crippen molar-refractivity contribution in [3.63, 3.8) is 0 Å². The molecule has 0 fully saturated rings. The maximum Gasteiger partial charge on any atom is 0.350 e. The number of hydrogen-bond acceptors (Lipinski definition) is 6. The fourth-order valence-electron chi connectivity index (χ4n) is 1.41. The molecule has 2 heterocycles. The van der Waals surface area contributed by atoms with Crippen molar-refractivity contribution >= 4 is 39.7 Å². The lowest BCUT2D eigenvalue weighted by Crippen LogP contribution is -2.09. The number of anilines is 1. The van der Waals surface area contributed by atoms with Gasteiger partial charge in [-0.1, -0.05) is 30.1 Å². The first-order valence-corrected chi connectivity index (χ1v) is 7.41. The summed E-state index contributed by atoms with van der Waals surface area (Å²) in [6.07, 6.45) is 1.49. The van der Waals surface area contributed by atoms with Crippen LogP contribution in [-0.4, -0.2) is 23.5 Å². The third kappa shape index (κ3) is 3.31. The van der Waals surface area contributed by atoms with Crippen LogP contribution in [0.5, 0.6) is 0 Å². The smallest absolute Gasteiger partial charge is 0.350 e. The molecule has 0 radical (unpaired) electrons. The van der Waals surface area contributed by atoms with Crippen LogP contribution in [0.2, 0.25) is 0 Å². The number of carbonyl (C=O) groups excluding carboxylic acids is 2. The molecule has 7 heteroatoms. The Morgan fingerprint density at radius 3 is 3.00 bits per heavy atom. The number of esters is 1. The average molecular weight is 308 g/mol. The molecule has 0 saturated carbocycles. The summed E-state index contributed by atoms with van der Waals surface area (Å²) in [7, 11) is 0. The molecule has 104 valence electrons. The molecule has 1 amide bonds. The van der Waals surface area contributed by atoms with Crippen LogP contribution in [0.3, 0.4) is 0 Å². The molecular weight excluding hydrogens is 296 g/mol. The second-order valence-corrected chi connectivity index (χ2v) is 5.70. The van der Waals surface area contributed by atoms with Crippen LogP contribution in [0, 0.1) is 6.92 Å². The number of nitrogens with zero attached hydrogens (tertiary/aromatic N) is 1. The summed E-state index contributed by atoms with van der Waals surface area (Å²) in [4.78, 5) is 28.7. The summed E-state index contributed by atoms with van der Waals surface area (Å²) in [5.41, 5.74) is 0.533. The van der Waals surface area contributed by atoms with Crippen molar-refractivity contribution in [3.05, 3.63) is 45.6 Å². The Bertz CT molecular complexity index is 632. The molecule has 2 aromatic rings. The van der Waals surface area contributed by atoms with E-state index in [0.29, 0.717) is 20.6 Å². The number of nitrogens with one attached hydrogen (secondary N) is 1. The Morgan fingerprint density at radius 1 is 1.55 bits per heavy atom. The summed E-state index contributed by atoms with van der Waals surface area (Å²) in [6.45, 7) is 5.32. The summed E-state index contributed by atoms with van der Waals surface area (Å²) < 4.78 is 4.95. The average Bonchev–Trinajstić information content (AvgIpc) is 3.05. The van der Waals surface area contributed by atoms with E-state index >= 15 is 0 Å². The van der Waals surface area contributed by atoms with Crippen molar-refractivity contribution in [1.29, 1.82) is 0 Å². The number of ether oxygens (including phenoxy) is 1. The topological polar surface area (TPSA) is 68.3 Å². The van der Waals surface area contributed by atoms with Crippen LogP contribution >= 0.6 is 22.7 Å². The van der Waals surface area contributed by atoms with Gasteiger partial charge in [0, 0.05) is 0 Å². The van der Waals surface area contributed by atoms with Gasteiger partial charge in [0.15, 0.2) is 5.13 Å². The maximum atomic E-state index is 11.9. The SMILES string of the molecule is C=CCOC(=O)c1sc(NC(=O)c2cccs2)nc1C. The predicted molar refractivity (Wildman–Crippen MR) is 79.6 cm³/mol. The number of hydrogen-bond donors (Lipinski definition) is 1. The van der Waals surface area contributed by atoms with Crippen molar-refractivity contribution in [1.82, 2.24) is 4.98 Å².